The van der Waals surface area contributed by atoms with Crippen molar-refractivity contribution in [1.29, 1.82) is 0 Å². The maximum absolute atomic E-state index is 5.50. The van der Waals surface area contributed by atoms with Crippen LogP contribution in [0, 0.1) is 11.8 Å². The summed E-state index contributed by atoms with van der Waals surface area (Å²) in [6, 6.07) is 0.623. The Labute approximate surface area is 102 Å². The molecule has 0 amide bonds. The molecule has 0 aliphatic carbocycles. The van der Waals surface area contributed by atoms with Crippen LogP contribution < -0.4 is 5.32 Å². The topological polar surface area (TPSA) is 21.3 Å². The standard InChI is InChI=1S/C11H24INO/c1-9(2)8-14-6-5-13-11(7-12)10(3)4/h9-11,13H,5-8H2,1-4H3. The lowest BCUT2D eigenvalue weighted by atomic mass is 10.1. The van der Waals surface area contributed by atoms with Crippen LogP contribution in [0.2, 0.25) is 0 Å². The highest BCUT2D eigenvalue weighted by molar-refractivity contribution is 14.1. The zero-order valence-electron chi connectivity index (χ0n) is 9.85. The molecular weight excluding hydrogens is 289 g/mol. The minimum Gasteiger partial charge on any atom is -0.380 e. The van der Waals surface area contributed by atoms with Gasteiger partial charge in [-0.25, -0.2) is 0 Å². The maximum Gasteiger partial charge on any atom is 0.0591 e. The Morgan fingerprint density at radius 2 is 1.86 bits per heavy atom. The first-order chi connectivity index (χ1) is 6.57. The van der Waals surface area contributed by atoms with Crippen molar-refractivity contribution in [2.45, 2.75) is 33.7 Å². The van der Waals surface area contributed by atoms with Crippen molar-refractivity contribution >= 4 is 22.6 Å². The molecule has 2 nitrogen and oxygen atoms in total. The maximum atomic E-state index is 5.50. The largest absolute Gasteiger partial charge is 0.380 e. The third kappa shape index (κ3) is 8.00. The summed E-state index contributed by atoms with van der Waals surface area (Å²) in [6.45, 7) is 11.5. The van der Waals surface area contributed by atoms with Crippen LogP contribution in [0.5, 0.6) is 0 Å². The lowest BCUT2D eigenvalue weighted by Gasteiger charge is -2.20. The van der Waals surface area contributed by atoms with Crippen molar-refractivity contribution in [3.63, 3.8) is 0 Å². The third-order valence-electron chi connectivity index (χ3n) is 2.08. The highest BCUT2D eigenvalue weighted by atomic mass is 127. The van der Waals surface area contributed by atoms with Gasteiger partial charge in [0.2, 0.25) is 0 Å². The van der Waals surface area contributed by atoms with Gasteiger partial charge in [-0.05, 0) is 11.8 Å². The number of halogens is 1. The van der Waals surface area contributed by atoms with E-state index in [0.29, 0.717) is 17.9 Å². The van der Waals surface area contributed by atoms with E-state index in [9.17, 15) is 0 Å². The summed E-state index contributed by atoms with van der Waals surface area (Å²) in [4.78, 5) is 0. The predicted octanol–water partition coefficient (Wildman–Crippen LogP) is 2.71. The fraction of sp³-hybridized carbons (Fsp3) is 1.00. The lowest BCUT2D eigenvalue weighted by molar-refractivity contribution is 0.109. The molecule has 0 aromatic heterocycles. The lowest BCUT2D eigenvalue weighted by Crippen LogP contribution is -2.37. The number of nitrogens with one attached hydrogen (secondary N) is 1. The van der Waals surface area contributed by atoms with Gasteiger partial charge >= 0.3 is 0 Å². The zero-order chi connectivity index (χ0) is 11.0. The van der Waals surface area contributed by atoms with E-state index < -0.39 is 0 Å². The smallest absolute Gasteiger partial charge is 0.0591 e. The normalized spacial score (nSPS) is 13.9. The zero-order valence-corrected chi connectivity index (χ0v) is 12.0. The molecule has 0 bridgehead atoms. The molecule has 1 unspecified atom stereocenters. The fourth-order valence-electron chi connectivity index (χ4n) is 1.10. The first-order valence-corrected chi connectivity index (χ1v) is 6.97. The number of alkyl halides is 1. The summed E-state index contributed by atoms with van der Waals surface area (Å²) in [6.07, 6.45) is 0. The molecule has 14 heavy (non-hydrogen) atoms. The predicted molar refractivity (Wildman–Crippen MR) is 71.2 cm³/mol. The van der Waals surface area contributed by atoms with Crippen LogP contribution in [0.1, 0.15) is 27.7 Å². The second kappa shape index (κ2) is 8.92. The average molecular weight is 313 g/mol. The van der Waals surface area contributed by atoms with Gasteiger partial charge in [0.15, 0.2) is 0 Å². The minimum absolute atomic E-state index is 0.623. The summed E-state index contributed by atoms with van der Waals surface area (Å²) in [7, 11) is 0. The SMILES string of the molecule is CC(C)COCCNC(CI)C(C)C. The molecule has 1 atom stereocenters. The van der Waals surface area contributed by atoms with E-state index in [0.717, 1.165) is 19.8 Å². The van der Waals surface area contributed by atoms with E-state index in [-0.39, 0.29) is 0 Å². The highest BCUT2D eigenvalue weighted by Gasteiger charge is 2.09. The molecule has 1 N–H and O–H groups in total. The highest BCUT2D eigenvalue weighted by Crippen LogP contribution is 2.04. The summed E-state index contributed by atoms with van der Waals surface area (Å²) in [5, 5.41) is 3.51. The molecule has 0 saturated carbocycles. The van der Waals surface area contributed by atoms with Crippen LogP contribution in [0.15, 0.2) is 0 Å². The summed E-state index contributed by atoms with van der Waals surface area (Å²) < 4.78 is 6.67. The molecule has 0 spiro atoms. The van der Waals surface area contributed by atoms with Crippen LogP contribution in [0.4, 0.5) is 0 Å². The van der Waals surface area contributed by atoms with Gasteiger partial charge in [-0.1, -0.05) is 50.3 Å². The molecular formula is C11H24INO. The van der Waals surface area contributed by atoms with Gasteiger partial charge in [-0.3, -0.25) is 0 Å². The molecule has 0 fully saturated rings. The molecule has 0 heterocycles. The molecule has 0 aromatic rings. The van der Waals surface area contributed by atoms with Gasteiger partial charge in [0.05, 0.1) is 6.61 Å². The molecule has 3 heteroatoms. The number of ether oxygens (including phenoxy) is 1. The molecule has 0 aliphatic rings. The van der Waals surface area contributed by atoms with Crippen molar-refractivity contribution in [3.05, 3.63) is 0 Å². The van der Waals surface area contributed by atoms with Gasteiger partial charge in [0.25, 0.3) is 0 Å². The monoisotopic (exact) mass is 313 g/mol. The first-order valence-electron chi connectivity index (χ1n) is 5.45. The van der Waals surface area contributed by atoms with Crippen LogP contribution in [0.3, 0.4) is 0 Å². The van der Waals surface area contributed by atoms with Crippen molar-refractivity contribution in [1.82, 2.24) is 5.32 Å². The number of hydrogen-bond donors (Lipinski definition) is 1. The Kier molecular flexibility index (Phi) is 9.33. The Balaban J connectivity index is 3.33. The Hall–Kier alpha value is 0.650. The first kappa shape index (κ1) is 14.6. The average Bonchev–Trinajstić information content (AvgIpc) is 2.10. The Morgan fingerprint density at radius 3 is 2.29 bits per heavy atom. The Morgan fingerprint density at radius 1 is 1.21 bits per heavy atom. The van der Waals surface area contributed by atoms with Gasteiger partial charge in [0, 0.05) is 23.6 Å². The van der Waals surface area contributed by atoms with Crippen molar-refractivity contribution in [2.75, 3.05) is 24.2 Å². The molecule has 0 saturated heterocycles. The van der Waals surface area contributed by atoms with Crippen LogP contribution >= 0.6 is 22.6 Å². The second-order valence-electron chi connectivity index (χ2n) is 4.43. The number of hydrogen-bond acceptors (Lipinski definition) is 2. The third-order valence-corrected chi connectivity index (χ3v) is 3.02. The van der Waals surface area contributed by atoms with Crippen molar-refractivity contribution < 1.29 is 4.74 Å². The van der Waals surface area contributed by atoms with Gasteiger partial charge < -0.3 is 10.1 Å². The molecule has 0 radical (unpaired) electrons. The van der Waals surface area contributed by atoms with Crippen molar-refractivity contribution in [3.8, 4) is 0 Å². The van der Waals surface area contributed by atoms with Crippen LogP contribution in [-0.4, -0.2) is 30.2 Å². The van der Waals surface area contributed by atoms with E-state index >= 15 is 0 Å². The summed E-state index contributed by atoms with van der Waals surface area (Å²) in [5.41, 5.74) is 0. The van der Waals surface area contributed by atoms with E-state index in [2.05, 4.69) is 55.6 Å². The quantitative estimate of drug-likeness (QED) is 0.423. The van der Waals surface area contributed by atoms with E-state index in [4.69, 9.17) is 4.74 Å². The summed E-state index contributed by atoms with van der Waals surface area (Å²) in [5.74, 6) is 1.34. The van der Waals surface area contributed by atoms with E-state index in [1.165, 1.54) is 4.43 Å². The molecule has 0 rings (SSSR count). The van der Waals surface area contributed by atoms with Gasteiger partial charge in [-0.15, -0.1) is 0 Å². The van der Waals surface area contributed by atoms with Gasteiger partial charge in [0.1, 0.15) is 0 Å². The molecule has 0 aliphatic heterocycles. The van der Waals surface area contributed by atoms with Crippen LogP contribution in [-0.2, 0) is 4.74 Å². The van der Waals surface area contributed by atoms with E-state index in [1.54, 1.807) is 0 Å². The fourth-order valence-corrected chi connectivity index (χ4v) is 2.43. The van der Waals surface area contributed by atoms with Crippen molar-refractivity contribution in [2.24, 2.45) is 11.8 Å². The van der Waals surface area contributed by atoms with E-state index in [1.807, 2.05) is 0 Å². The van der Waals surface area contributed by atoms with Gasteiger partial charge in [-0.2, -0.15) is 0 Å². The summed E-state index contributed by atoms with van der Waals surface area (Å²) >= 11 is 2.43. The van der Waals surface area contributed by atoms with Crippen LogP contribution in [0.25, 0.3) is 0 Å². The minimum atomic E-state index is 0.623. The number of rotatable bonds is 8. The molecule has 0 aromatic carbocycles. The molecule has 86 valence electrons. The Bertz CT molecular complexity index is 128. The second-order valence-corrected chi connectivity index (χ2v) is 5.31.